The van der Waals surface area contributed by atoms with Gasteiger partial charge in [0, 0.05) is 20.3 Å². The van der Waals surface area contributed by atoms with Crippen LogP contribution in [0.5, 0.6) is 0 Å². The Hall–Kier alpha value is -0.0800. The van der Waals surface area contributed by atoms with Crippen LogP contribution in [0.2, 0.25) is 0 Å². The van der Waals surface area contributed by atoms with E-state index in [0.717, 1.165) is 32.0 Å². The molecular weight excluding hydrogens is 212 g/mol. The summed E-state index contributed by atoms with van der Waals surface area (Å²) in [4.78, 5) is 0. The first-order valence-electron chi connectivity index (χ1n) is 7.36. The standard InChI is InChI=1S/C15H30O2/c1-4-15(10-13(2)11-16-3)17-12-14-8-6-5-7-9-14/h13-15H,4-12H2,1-3H3/t13-,15+/m0/s1. The van der Waals surface area contributed by atoms with Gasteiger partial charge in [-0.05, 0) is 37.5 Å². The number of hydrogen-bond acceptors (Lipinski definition) is 2. The molecule has 102 valence electrons. The Balaban J connectivity index is 2.16. The summed E-state index contributed by atoms with van der Waals surface area (Å²) in [5.74, 6) is 1.44. The lowest BCUT2D eigenvalue weighted by atomic mass is 9.90. The highest BCUT2D eigenvalue weighted by Gasteiger charge is 2.17. The van der Waals surface area contributed by atoms with E-state index in [4.69, 9.17) is 9.47 Å². The minimum Gasteiger partial charge on any atom is -0.384 e. The van der Waals surface area contributed by atoms with Crippen molar-refractivity contribution >= 4 is 0 Å². The summed E-state index contributed by atoms with van der Waals surface area (Å²) in [6, 6.07) is 0. The molecule has 0 unspecified atom stereocenters. The first-order chi connectivity index (χ1) is 8.26. The predicted molar refractivity (Wildman–Crippen MR) is 72.3 cm³/mol. The molecular formula is C15H30O2. The minimum absolute atomic E-state index is 0.432. The SMILES string of the molecule is CC[C@H](C[C@H](C)COC)OCC1CCCCC1. The second-order valence-electron chi connectivity index (χ2n) is 5.66. The fourth-order valence-corrected chi connectivity index (χ4v) is 2.78. The van der Waals surface area contributed by atoms with Crippen LogP contribution in [0.1, 0.15) is 58.8 Å². The van der Waals surface area contributed by atoms with E-state index < -0.39 is 0 Å². The lowest BCUT2D eigenvalue weighted by Crippen LogP contribution is -2.22. The van der Waals surface area contributed by atoms with Crippen LogP contribution in [0.3, 0.4) is 0 Å². The second kappa shape index (κ2) is 8.93. The summed E-state index contributed by atoms with van der Waals surface area (Å²) in [5, 5.41) is 0. The van der Waals surface area contributed by atoms with Gasteiger partial charge in [-0.25, -0.2) is 0 Å². The van der Waals surface area contributed by atoms with Crippen molar-refractivity contribution in [2.75, 3.05) is 20.3 Å². The largest absolute Gasteiger partial charge is 0.384 e. The predicted octanol–water partition coefficient (Wildman–Crippen LogP) is 4.03. The molecule has 0 aromatic heterocycles. The number of hydrogen-bond donors (Lipinski definition) is 0. The Kier molecular flexibility index (Phi) is 7.87. The van der Waals surface area contributed by atoms with Crippen LogP contribution in [0.15, 0.2) is 0 Å². The van der Waals surface area contributed by atoms with Gasteiger partial charge in [-0.2, -0.15) is 0 Å². The zero-order valence-electron chi connectivity index (χ0n) is 11.9. The third-order valence-corrected chi connectivity index (χ3v) is 3.86. The Morgan fingerprint density at radius 3 is 2.47 bits per heavy atom. The number of rotatable bonds is 8. The molecule has 0 heterocycles. The van der Waals surface area contributed by atoms with Gasteiger partial charge in [0.2, 0.25) is 0 Å². The van der Waals surface area contributed by atoms with E-state index in [2.05, 4.69) is 13.8 Å². The molecule has 0 aromatic carbocycles. The van der Waals surface area contributed by atoms with Crippen molar-refractivity contribution in [1.29, 1.82) is 0 Å². The molecule has 1 rings (SSSR count). The second-order valence-corrected chi connectivity index (χ2v) is 5.66. The lowest BCUT2D eigenvalue weighted by molar-refractivity contribution is -0.0000947. The van der Waals surface area contributed by atoms with Gasteiger partial charge < -0.3 is 9.47 Å². The Bertz CT molecular complexity index is 176. The van der Waals surface area contributed by atoms with Crippen molar-refractivity contribution < 1.29 is 9.47 Å². The summed E-state index contributed by atoms with van der Waals surface area (Å²) in [5.41, 5.74) is 0. The van der Waals surface area contributed by atoms with Gasteiger partial charge in [-0.1, -0.05) is 33.1 Å². The highest BCUT2D eigenvalue weighted by Crippen LogP contribution is 2.25. The molecule has 1 aliphatic carbocycles. The molecule has 1 aliphatic rings. The van der Waals surface area contributed by atoms with Crippen LogP contribution in [0.4, 0.5) is 0 Å². The molecule has 0 bridgehead atoms. The van der Waals surface area contributed by atoms with E-state index in [1.165, 1.54) is 32.1 Å². The quantitative estimate of drug-likeness (QED) is 0.639. The highest BCUT2D eigenvalue weighted by atomic mass is 16.5. The Labute approximate surface area is 107 Å². The Morgan fingerprint density at radius 1 is 1.18 bits per heavy atom. The van der Waals surface area contributed by atoms with Gasteiger partial charge in [0.05, 0.1) is 6.10 Å². The van der Waals surface area contributed by atoms with E-state index in [1.807, 2.05) is 0 Å². The zero-order valence-corrected chi connectivity index (χ0v) is 11.9. The molecule has 0 saturated heterocycles. The van der Waals surface area contributed by atoms with Crippen molar-refractivity contribution in [1.82, 2.24) is 0 Å². The maximum absolute atomic E-state index is 6.09. The average Bonchev–Trinajstić information content (AvgIpc) is 2.36. The van der Waals surface area contributed by atoms with Crippen molar-refractivity contribution in [2.45, 2.75) is 64.9 Å². The molecule has 2 atom stereocenters. The minimum atomic E-state index is 0.432. The fourth-order valence-electron chi connectivity index (χ4n) is 2.78. The van der Waals surface area contributed by atoms with Crippen molar-refractivity contribution in [3.63, 3.8) is 0 Å². The van der Waals surface area contributed by atoms with Gasteiger partial charge >= 0.3 is 0 Å². The average molecular weight is 242 g/mol. The molecule has 2 heteroatoms. The van der Waals surface area contributed by atoms with E-state index >= 15 is 0 Å². The van der Waals surface area contributed by atoms with E-state index in [1.54, 1.807) is 7.11 Å². The topological polar surface area (TPSA) is 18.5 Å². The highest BCUT2D eigenvalue weighted by molar-refractivity contribution is 4.67. The van der Waals surface area contributed by atoms with Crippen LogP contribution >= 0.6 is 0 Å². The molecule has 0 amide bonds. The normalized spacial score (nSPS) is 21.4. The van der Waals surface area contributed by atoms with Crippen LogP contribution in [0.25, 0.3) is 0 Å². The molecule has 1 fully saturated rings. The lowest BCUT2D eigenvalue weighted by Gasteiger charge is -2.25. The summed E-state index contributed by atoms with van der Waals surface area (Å²) >= 11 is 0. The van der Waals surface area contributed by atoms with E-state index in [0.29, 0.717) is 12.0 Å². The van der Waals surface area contributed by atoms with Crippen LogP contribution < -0.4 is 0 Å². The van der Waals surface area contributed by atoms with Gasteiger partial charge in [-0.3, -0.25) is 0 Å². The smallest absolute Gasteiger partial charge is 0.0576 e. The van der Waals surface area contributed by atoms with Gasteiger partial charge in [-0.15, -0.1) is 0 Å². The summed E-state index contributed by atoms with van der Waals surface area (Å²) in [7, 11) is 1.78. The van der Waals surface area contributed by atoms with Gasteiger partial charge in [0.15, 0.2) is 0 Å². The maximum Gasteiger partial charge on any atom is 0.0576 e. The fraction of sp³-hybridized carbons (Fsp3) is 1.00. The molecule has 0 aliphatic heterocycles. The molecule has 17 heavy (non-hydrogen) atoms. The number of methoxy groups -OCH3 is 1. The summed E-state index contributed by atoms with van der Waals surface area (Å²) < 4.78 is 11.3. The van der Waals surface area contributed by atoms with Crippen molar-refractivity contribution in [2.24, 2.45) is 11.8 Å². The zero-order chi connectivity index (χ0) is 12.5. The van der Waals surface area contributed by atoms with Gasteiger partial charge in [0.25, 0.3) is 0 Å². The first-order valence-corrected chi connectivity index (χ1v) is 7.36. The molecule has 0 N–H and O–H groups in total. The maximum atomic E-state index is 6.09. The molecule has 2 nitrogen and oxygen atoms in total. The van der Waals surface area contributed by atoms with E-state index in [9.17, 15) is 0 Å². The number of ether oxygens (including phenoxy) is 2. The van der Waals surface area contributed by atoms with Gasteiger partial charge in [0.1, 0.15) is 0 Å². The van der Waals surface area contributed by atoms with Crippen LogP contribution in [-0.4, -0.2) is 26.4 Å². The first kappa shape index (κ1) is 15.0. The van der Waals surface area contributed by atoms with Crippen molar-refractivity contribution in [3.05, 3.63) is 0 Å². The third-order valence-electron chi connectivity index (χ3n) is 3.86. The molecule has 0 radical (unpaired) electrons. The van der Waals surface area contributed by atoms with Crippen LogP contribution in [0, 0.1) is 11.8 Å². The summed E-state index contributed by atoms with van der Waals surface area (Å²) in [6.07, 6.45) is 9.70. The molecule has 0 aromatic rings. The molecule has 0 spiro atoms. The van der Waals surface area contributed by atoms with Crippen LogP contribution in [-0.2, 0) is 9.47 Å². The Morgan fingerprint density at radius 2 is 1.88 bits per heavy atom. The molecule has 1 saturated carbocycles. The third kappa shape index (κ3) is 6.42. The monoisotopic (exact) mass is 242 g/mol. The van der Waals surface area contributed by atoms with E-state index in [-0.39, 0.29) is 0 Å². The summed E-state index contributed by atoms with van der Waals surface area (Å²) in [6.45, 7) is 6.31. The van der Waals surface area contributed by atoms with Crippen molar-refractivity contribution in [3.8, 4) is 0 Å².